The lowest BCUT2D eigenvalue weighted by atomic mass is 10.1. The average molecular weight is 514 g/mol. The Morgan fingerprint density at radius 3 is 2.78 bits per heavy atom. The van der Waals surface area contributed by atoms with Crippen LogP contribution < -0.4 is 20.9 Å². The Morgan fingerprint density at radius 2 is 2.08 bits per heavy atom. The first kappa shape index (κ1) is 25.8. The van der Waals surface area contributed by atoms with Crippen LogP contribution in [0.15, 0.2) is 29.1 Å². The molecule has 1 saturated heterocycles. The van der Waals surface area contributed by atoms with Gasteiger partial charge >= 0.3 is 0 Å². The summed E-state index contributed by atoms with van der Waals surface area (Å²) in [7, 11) is 1.69. The molecule has 10 heteroatoms. The third-order valence-electron chi connectivity index (χ3n) is 6.28. The number of ether oxygens (including phenoxy) is 1. The van der Waals surface area contributed by atoms with E-state index in [1.54, 1.807) is 22.2 Å². The van der Waals surface area contributed by atoms with E-state index in [1.165, 1.54) is 0 Å². The van der Waals surface area contributed by atoms with E-state index in [9.17, 15) is 14.4 Å². The lowest BCUT2D eigenvalue weighted by Crippen LogP contribution is -2.46. The molecule has 2 amide bonds. The first-order chi connectivity index (χ1) is 17.2. The van der Waals surface area contributed by atoms with E-state index in [2.05, 4.69) is 10.6 Å². The van der Waals surface area contributed by atoms with Crippen molar-refractivity contribution in [3.05, 3.63) is 56.7 Å². The van der Waals surface area contributed by atoms with Crippen LogP contribution >= 0.6 is 11.6 Å². The first-order valence-electron chi connectivity index (χ1n) is 12.3. The standard InChI is InChI=1S/C26H32ClN5O4/c1-5-19-30-23-20(26(35)32(19)14-16-9-8-10-17(27)13-16)22(36-15(2)3)21(31(23)4)25(34)29-18-11-6-7-12-28-24(18)33/h8-10,13,15,18H,5-7,11-12,14H2,1-4H3,(H,28,33)(H,29,34). The number of benzene rings is 1. The van der Waals surface area contributed by atoms with Crippen molar-refractivity contribution in [1.82, 2.24) is 24.8 Å². The predicted octanol–water partition coefficient (Wildman–Crippen LogP) is 3.18. The summed E-state index contributed by atoms with van der Waals surface area (Å²) >= 11 is 6.16. The monoisotopic (exact) mass is 513 g/mol. The van der Waals surface area contributed by atoms with Crippen LogP contribution in [0.4, 0.5) is 0 Å². The minimum atomic E-state index is -0.649. The zero-order chi connectivity index (χ0) is 26.0. The van der Waals surface area contributed by atoms with Crippen LogP contribution in [-0.4, -0.2) is 44.6 Å². The van der Waals surface area contributed by atoms with Gasteiger partial charge in [0.1, 0.15) is 17.3 Å². The highest BCUT2D eigenvalue weighted by Gasteiger charge is 2.31. The predicted molar refractivity (Wildman–Crippen MR) is 139 cm³/mol. The maximum absolute atomic E-state index is 13.9. The summed E-state index contributed by atoms with van der Waals surface area (Å²) in [6.45, 7) is 6.46. The van der Waals surface area contributed by atoms with E-state index in [4.69, 9.17) is 21.3 Å². The largest absolute Gasteiger partial charge is 0.488 e. The van der Waals surface area contributed by atoms with Gasteiger partial charge in [-0.1, -0.05) is 30.7 Å². The lowest BCUT2D eigenvalue weighted by Gasteiger charge is -2.17. The van der Waals surface area contributed by atoms with Crippen molar-refractivity contribution in [2.45, 2.75) is 65.1 Å². The molecule has 2 N–H and O–H groups in total. The lowest BCUT2D eigenvalue weighted by molar-refractivity contribution is -0.122. The number of hydrogen-bond donors (Lipinski definition) is 2. The third-order valence-corrected chi connectivity index (χ3v) is 6.51. The highest BCUT2D eigenvalue weighted by Crippen LogP contribution is 2.31. The fourth-order valence-electron chi connectivity index (χ4n) is 4.56. The number of aromatic nitrogens is 3. The van der Waals surface area contributed by atoms with Crippen molar-refractivity contribution in [2.75, 3.05) is 6.54 Å². The fourth-order valence-corrected chi connectivity index (χ4v) is 4.78. The number of nitrogens with one attached hydrogen (secondary N) is 2. The Bertz CT molecular complexity index is 1360. The minimum absolute atomic E-state index is 0.169. The zero-order valence-electron chi connectivity index (χ0n) is 21.1. The first-order valence-corrected chi connectivity index (χ1v) is 12.7. The van der Waals surface area contributed by atoms with E-state index in [1.807, 2.05) is 39.0 Å². The van der Waals surface area contributed by atoms with Crippen LogP contribution in [0.2, 0.25) is 5.02 Å². The smallest absolute Gasteiger partial charge is 0.272 e. The van der Waals surface area contributed by atoms with E-state index in [-0.39, 0.29) is 40.9 Å². The molecule has 2 aromatic heterocycles. The van der Waals surface area contributed by atoms with E-state index in [0.717, 1.165) is 18.4 Å². The van der Waals surface area contributed by atoms with Crippen molar-refractivity contribution >= 4 is 34.4 Å². The molecule has 3 heterocycles. The van der Waals surface area contributed by atoms with Crippen LogP contribution in [-0.2, 0) is 24.8 Å². The second kappa shape index (κ2) is 10.7. The highest BCUT2D eigenvalue weighted by atomic mass is 35.5. The molecule has 1 fully saturated rings. The highest BCUT2D eigenvalue weighted by molar-refractivity contribution is 6.30. The van der Waals surface area contributed by atoms with Crippen LogP contribution in [0.25, 0.3) is 11.0 Å². The summed E-state index contributed by atoms with van der Waals surface area (Å²) in [5, 5.41) is 6.50. The molecule has 36 heavy (non-hydrogen) atoms. The summed E-state index contributed by atoms with van der Waals surface area (Å²) in [6, 6.07) is 6.67. The molecule has 1 aliphatic heterocycles. The topological polar surface area (TPSA) is 107 Å². The number of carbonyl (C=O) groups is 2. The number of aryl methyl sites for hydroxylation is 2. The summed E-state index contributed by atoms with van der Waals surface area (Å²) < 4.78 is 9.25. The van der Waals surface area contributed by atoms with Gasteiger partial charge in [-0.05, 0) is 50.8 Å². The second-order valence-corrected chi connectivity index (χ2v) is 9.75. The quantitative estimate of drug-likeness (QED) is 0.504. The maximum atomic E-state index is 13.9. The van der Waals surface area contributed by atoms with E-state index >= 15 is 0 Å². The Hall–Kier alpha value is -3.33. The van der Waals surface area contributed by atoms with Crippen molar-refractivity contribution in [3.8, 4) is 5.75 Å². The number of rotatable bonds is 7. The van der Waals surface area contributed by atoms with Gasteiger partial charge in [-0.25, -0.2) is 4.98 Å². The molecular formula is C26H32ClN5O4. The number of fused-ring (bicyclic) bond motifs is 1. The third kappa shape index (κ3) is 5.11. The van der Waals surface area contributed by atoms with Crippen molar-refractivity contribution < 1.29 is 14.3 Å². The van der Waals surface area contributed by atoms with Gasteiger partial charge in [-0.3, -0.25) is 19.0 Å². The molecule has 192 valence electrons. The maximum Gasteiger partial charge on any atom is 0.272 e. The molecular weight excluding hydrogens is 482 g/mol. The summed E-state index contributed by atoms with van der Waals surface area (Å²) in [5.74, 6) is 0.0709. The van der Waals surface area contributed by atoms with Crippen molar-refractivity contribution in [2.24, 2.45) is 7.05 Å². The number of carbonyl (C=O) groups excluding carboxylic acids is 2. The van der Waals surface area contributed by atoms with Crippen LogP contribution in [0.5, 0.6) is 5.75 Å². The molecule has 1 unspecified atom stereocenters. The van der Waals surface area contributed by atoms with Gasteiger partial charge < -0.3 is 19.9 Å². The second-order valence-electron chi connectivity index (χ2n) is 9.32. The number of halogens is 1. The van der Waals surface area contributed by atoms with Crippen molar-refractivity contribution in [3.63, 3.8) is 0 Å². The van der Waals surface area contributed by atoms with Gasteiger partial charge in [0.25, 0.3) is 11.5 Å². The van der Waals surface area contributed by atoms with Gasteiger partial charge in [0, 0.05) is 25.0 Å². The number of hydrogen-bond acceptors (Lipinski definition) is 5. The molecule has 1 atom stereocenters. The van der Waals surface area contributed by atoms with Crippen LogP contribution in [0, 0.1) is 0 Å². The van der Waals surface area contributed by atoms with Crippen molar-refractivity contribution in [1.29, 1.82) is 0 Å². The molecule has 0 aliphatic carbocycles. The minimum Gasteiger partial charge on any atom is -0.488 e. The van der Waals surface area contributed by atoms with Gasteiger partial charge in [0.15, 0.2) is 17.1 Å². The Labute approximate surface area is 214 Å². The molecule has 1 aromatic carbocycles. The zero-order valence-corrected chi connectivity index (χ0v) is 21.8. The fraction of sp³-hybridized carbons (Fsp3) is 0.462. The van der Waals surface area contributed by atoms with E-state index in [0.29, 0.717) is 35.9 Å². The SMILES string of the molecule is CCc1nc2c(c(OC(C)C)c(C(=O)NC3CCCCNC3=O)n2C)c(=O)n1Cc1cccc(Cl)c1. The van der Waals surface area contributed by atoms with Gasteiger partial charge in [0.05, 0.1) is 12.6 Å². The molecule has 0 bridgehead atoms. The molecule has 0 saturated carbocycles. The normalized spacial score (nSPS) is 16.2. The molecule has 0 radical (unpaired) electrons. The molecule has 9 nitrogen and oxygen atoms in total. The summed E-state index contributed by atoms with van der Waals surface area (Å²) in [6.07, 6.45) is 2.45. The van der Waals surface area contributed by atoms with Gasteiger partial charge in [0.2, 0.25) is 5.91 Å². The summed E-state index contributed by atoms with van der Waals surface area (Å²) in [4.78, 5) is 44.6. The van der Waals surface area contributed by atoms with Gasteiger partial charge in [-0.2, -0.15) is 0 Å². The average Bonchev–Trinajstić information content (AvgIpc) is 2.94. The molecule has 1 aliphatic rings. The van der Waals surface area contributed by atoms with Gasteiger partial charge in [-0.15, -0.1) is 0 Å². The van der Waals surface area contributed by atoms with Crippen LogP contribution in [0.1, 0.15) is 61.9 Å². The Balaban J connectivity index is 1.85. The molecule has 3 aromatic rings. The molecule has 4 rings (SSSR count). The van der Waals surface area contributed by atoms with E-state index < -0.39 is 11.9 Å². The van der Waals surface area contributed by atoms with Crippen LogP contribution in [0.3, 0.4) is 0 Å². The Morgan fingerprint density at radius 1 is 1.31 bits per heavy atom. The summed E-state index contributed by atoms with van der Waals surface area (Å²) in [5.41, 5.74) is 1.10. The number of amides is 2. The Kier molecular flexibility index (Phi) is 7.68. The molecule has 0 spiro atoms. The number of nitrogens with zero attached hydrogens (tertiary/aromatic N) is 3.